The Morgan fingerprint density at radius 1 is 1.07 bits per heavy atom. The molecule has 0 radical (unpaired) electrons. The van der Waals surface area contributed by atoms with Gasteiger partial charge in [0.1, 0.15) is 13.1 Å². The molecular weight excluding hydrogens is 216 g/mol. The quantitative estimate of drug-likeness (QED) is 0.688. The minimum absolute atomic E-state index is 0.500. The molecule has 0 saturated carbocycles. The van der Waals surface area contributed by atoms with Crippen LogP contribution in [0.4, 0.5) is 0 Å². The smallest absolute Gasteiger partial charge is 0.146 e. The molecule has 0 amide bonds. The first-order valence-corrected chi connectivity index (χ1v) is 5.28. The van der Waals surface area contributed by atoms with Gasteiger partial charge in [-0.15, -0.1) is 5.10 Å². The summed E-state index contributed by atoms with van der Waals surface area (Å²) < 4.78 is 13.7. The summed E-state index contributed by atoms with van der Waals surface area (Å²) in [5.41, 5.74) is 0. The fourth-order valence-electron chi connectivity index (χ4n) is 0.658. The molecule has 3 heterocycles. The van der Waals surface area contributed by atoms with E-state index >= 15 is 0 Å². The van der Waals surface area contributed by atoms with E-state index in [2.05, 4.69) is 14.9 Å². The number of ether oxygens (including phenoxy) is 2. The molecular formula is C9H12N2O3S. The van der Waals surface area contributed by atoms with Crippen LogP contribution in [0.15, 0.2) is 39.9 Å². The first kappa shape index (κ1) is 11.8. The first-order chi connectivity index (χ1) is 7.50. The monoisotopic (exact) mass is 228 g/mol. The van der Waals surface area contributed by atoms with Crippen molar-refractivity contribution in [1.82, 2.24) is 10.4 Å². The summed E-state index contributed by atoms with van der Waals surface area (Å²) in [5.74, 6) is 0. The van der Waals surface area contributed by atoms with E-state index in [0.717, 1.165) is 13.2 Å². The van der Waals surface area contributed by atoms with Crippen LogP contribution in [0.2, 0.25) is 0 Å². The van der Waals surface area contributed by atoms with Crippen molar-refractivity contribution in [3.05, 3.63) is 35.4 Å². The Labute approximate surface area is 91.6 Å². The predicted octanol–water partition coefficient (Wildman–Crippen LogP) is 1.81. The van der Waals surface area contributed by atoms with Gasteiger partial charge in [-0.1, -0.05) is 12.1 Å². The zero-order valence-corrected chi connectivity index (χ0v) is 8.93. The predicted molar refractivity (Wildman–Crippen MR) is 55.4 cm³/mol. The summed E-state index contributed by atoms with van der Waals surface area (Å²) in [6, 6.07) is 4.04. The summed E-state index contributed by atoms with van der Waals surface area (Å²) in [6.07, 6.45) is 2.88. The maximum Gasteiger partial charge on any atom is 0.146 e. The first-order valence-electron chi connectivity index (χ1n) is 4.34. The summed E-state index contributed by atoms with van der Waals surface area (Å²) in [4.78, 5) is 0. The SMILES string of the molecule is C1COCO1.c1ccsc1.c1conn1. The van der Waals surface area contributed by atoms with Crippen molar-refractivity contribution in [2.75, 3.05) is 20.0 Å². The van der Waals surface area contributed by atoms with Crippen LogP contribution in [0.5, 0.6) is 0 Å². The van der Waals surface area contributed by atoms with Crippen molar-refractivity contribution < 1.29 is 14.0 Å². The van der Waals surface area contributed by atoms with Crippen LogP contribution in [0.25, 0.3) is 0 Å². The molecule has 1 fully saturated rings. The Bertz CT molecular complexity index is 214. The molecule has 3 rings (SSSR count). The lowest BCUT2D eigenvalue weighted by Gasteiger charge is -1.76. The van der Waals surface area contributed by atoms with Crippen molar-refractivity contribution in [3.8, 4) is 0 Å². The lowest BCUT2D eigenvalue weighted by Crippen LogP contribution is -1.79. The van der Waals surface area contributed by atoms with Crippen LogP contribution >= 0.6 is 11.3 Å². The highest BCUT2D eigenvalue weighted by Gasteiger charge is 1.93. The van der Waals surface area contributed by atoms with Crippen LogP contribution in [-0.4, -0.2) is 30.4 Å². The highest BCUT2D eigenvalue weighted by atomic mass is 32.1. The average molecular weight is 228 g/mol. The molecule has 0 aromatic carbocycles. The van der Waals surface area contributed by atoms with Crippen LogP contribution in [0, 0.1) is 0 Å². The van der Waals surface area contributed by atoms with E-state index in [9.17, 15) is 0 Å². The van der Waals surface area contributed by atoms with E-state index in [4.69, 9.17) is 9.47 Å². The zero-order valence-electron chi connectivity index (χ0n) is 8.11. The van der Waals surface area contributed by atoms with Crippen molar-refractivity contribution in [3.63, 3.8) is 0 Å². The molecule has 15 heavy (non-hydrogen) atoms. The van der Waals surface area contributed by atoms with E-state index in [1.165, 1.54) is 12.5 Å². The van der Waals surface area contributed by atoms with Gasteiger partial charge in [0.15, 0.2) is 0 Å². The van der Waals surface area contributed by atoms with Gasteiger partial charge in [-0.3, -0.25) is 0 Å². The number of hydrogen-bond donors (Lipinski definition) is 0. The average Bonchev–Trinajstić information content (AvgIpc) is 3.09. The molecule has 0 spiro atoms. The molecule has 82 valence electrons. The molecule has 2 aromatic heterocycles. The molecule has 0 atom stereocenters. The second-order valence-corrected chi connectivity index (χ2v) is 3.13. The normalized spacial score (nSPS) is 13.3. The van der Waals surface area contributed by atoms with Crippen molar-refractivity contribution >= 4 is 11.3 Å². The molecule has 5 nitrogen and oxygen atoms in total. The van der Waals surface area contributed by atoms with Crippen LogP contribution < -0.4 is 0 Å². The van der Waals surface area contributed by atoms with Crippen LogP contribution in [-0.2, 0) is 9.47 Å². The Kier molecular flexibility index (Phi) is 7.35. The minimum atomic E-state index is 0.500. The maximum atomic E-state index is 4.72. The van der Waals surface area contributed by atoms with E-state index in [1.54, 1.807) is 11.3 Å². The third-order valence-corrected chi connectivity index (χ3v) is 1.88. The Morgan fingerprint density at radius 3 is 2.00 bits per heavy atom. The standard InChI is InChI=1S/C4H4S.C3H6O2.C2H2N2O/c1-2-4-5-3-1;1-2-5-3-4-1;1-2-5-4-3-1/h1-4H;1-3H2;1-2H. The maximum absolute atomic E-state index is 4.72. The van der Waals surface area contributed by atoms with E-state index in [1.807, 2.05) is 22.9 Å². The molecule has 1 aliphatic heterocycles. The number of aromatic nitrogens is 2. The van der Waals surface area contributed by atoms with Crippen LogP contribution in [0.3, 0.4) is 0 Å². The van der Waals surface area contributed by atoms with Gasteiger partial charge in [-0.05, 0) is 10.8 Å². The molecule has 2 aromatic rings. The Morgan fingerprint density at radius 2 is 1.80 bits per heavy atom. The molecule has 0 unspecified atom stereocenters. The molecule has 0 bridgehead atoms. The summed E-state index contributed by atoms with van der Waals surface area (Å²) in [7, 11) is 0. The van der Waals surface area contributed by atoms with Gasteiger partial charge >= 0.3 is 0 Å². The zero-order chi connectivity index (χ0) is 10.6. The number of rotatable bonds is 0. The summed E-state index contributed by atoms with van der Waals surface area (Å²) in [5, 5.41) is 10.5. The van der Waals surface area contributed by atoms with E-state index in [-0.39, 0.29) is 0 Å². The topological polar surface area (TPSA) is 57.4 Å². The molecule has 1 saturated heterocycles. The van der Waals surface area contributed by atoms with Gasteiger partial charge in [0.25, 0.3) is 0 Å². The van der Waals surface area contributed by atoms with Gasteiger partial charge in [0.05, 0.1) is 19.4 Å². The number of thiophene rings is 1. The number of hydrogen-bond acceptors (Lipinski definition) is 6. The Balaban J connectivity index is 0.000000112. The summed E-state index contributed by atoms with van der Waals surface area (Å²) in [6.45, 7) is 2.06. The Hall–Kier alpha value is -1.24. The highest BCUT2D eigenvalue weighted by Crippen LogP contribution is 1.91. The number of nitrogens with zero attached hydrogens (tertiary/aromatic N) is 2. The van der Waals surface area contributed by atoms with Gasteiger partial charge in [-0.25, -0.2) is 0 Å². The van der Waals surface area contributed by atoms with Gasteiger partial charge in [-0.2, -0.15) is 11.3 Å². The van der Waals surface area contributed by atoms with Crippen molar-refractivity contribution in [2.45, 2.75) is 0 Å². The molecule has 0 N–H and O–H groups in total. The lowest BCUT2D eigenvalue weighted by molar-refractivity contribution is 0.0692. The lowest BCUT2D eigenvalue weighted by atomic mass is 10.7. The van der Waals surface area contributed by atoms with E-state index < -0.39 is 0 Å². The molecule has 0 aliphatic carbocycles. The van der Waals surface area contributed by atoms with Gasteiger partial charge < -0.3 is 14.0 Å². The minimum Gasteiger partial charge on any atom is -0.353 e. The fourth-order valence-corrected chi connectivity index (χ4v) is 1.11. The second kappa shape index (κ2) is 9.32. The van der Waals surface area contributed by atoms with Gasteiger partial charge in [0.2, 0.25) is 0 Å². The van der Waals surface area contributed by atoms with Crippen LogP contribution in [0.1, 0.15) is 0 Å². The van der Waals surface area contributed by atoms with Crippen molar-refractivity contribution in [2.24, 2.45) is 0 Å². The largest absolute Gasteiger partial charge is 0.353 e. The highest BCUT2D eigenvalue weighted by molar-refractivity contribution is 7.07. The fraction of sp³-hybridized carbons (Fsp3) is 0.333. The van der Waals surface area contributed by atoms with E-state index in [0.29, 0.717) is 6.79 Å². The van der Waals surface area contributed by atoms with Gasteiger partial charge in [0, 0.05) is 5.27 Å². The summed E-state index contributed by atoms with van der Waals surface area (Å²) >= 11 is 1.71. The third kappa shape index (κ3) is 7.80. The molecule has 6 heteroatoms. The molecule has 1 aliphatic rings. The van der Waals surface area contributed by atoms with Crippen molar-refractivity contribution in [1.29, 1.82) is 0 Å². The third-order valence-electron chi connectivity index (χ3n) is 1.25. The second-order valence-electron chi connectivity index (χ2n) is 2.32.